The molecule has 0 unspecified atom stereocenters. The van der Waals surface area contributed by atoms with E-state index >= 15 is 0 Å². The van der Waals surface area contributed by atoms with Crippen molar-refractivity contribution in [3.05, 3.63) is 47.7 Å². The highest BCUT2D eigenvalue weighted by molar-refractivity contribution is 5.60. The number of aromatic nitrogens is 2. The molecule has 3 heteroatoms. The molecule has 0 saturated carbocycles. The maximum absolute atomic E-state index is 4.18. The van der Waals surface area contributed by atoms with Crippen LogP contribution >= 0.6 is 0 Å². The van der Waals surface area contributed by atoms with Crippen LogP contribution in [0.15, 0.2) is 36.5 Å². The zero-order chi connectivity index (χ0) is 12.4. The highest BCUT2D eigenvalue weighted by Crippen LogP contribution is 2.24. The van der Waals surface area contributed by atoms with E-state index < -0.39 is 0 Å². The first-order valence-corrected chi connectivity index (χ1v) is 6.41. The van der Waals surface area contributed by atoms with E-state index in [1.165, 1.54) is 30.5 Å². The van der Waals surface area contributed by atoms with Crippen molar-refractivity contribution in [1.82, 2.24) is 15.1 Å². The van der Waals surface area contributed by atoms with E-state index in [0.29, 0.717) is 0 Å². The molecule has 0 fully saturated rings. The largest absolute Gasteiger partial charge is 0.302 e. The maximum Gasteiger partial charge on any atom is 0.0929 e. The van der Waals surface area contributed by atoms with Crippen LogP contribution in [-0.4, -0.2) is 28.7 Å². The number of hydrogen-bond acceptors (Lipinski definition) is 3. The predicted molar refractivity (Wildman–Crippen MR) is 72.1 cm³/mol. The summed E-state index contributed by atoms with van der Waals surface area (Å²) < 4.78 is 0. The van der Waals surface area contributed by atoms with Crippen molar-refractivity contribution < 1.29 is 0 Å². The lowest BCUT2D eigenvalue weighted by Gasteiger charge is -2.14. The first-order valence-electron chi connectivity index (χ1n) is 6.41. The van der Waals surface area contributed by atoms with Crippen LogP contribution in [0.3, 0.4) is 0 Å². The van der Waals surface area contributed by atoms with Gasteiger partial charge >= 0.3 is 0 Å². The van der Waals surface area contributed by atoms with Crippen molar-refractivity contribution in [2.75, 3.05) is 13.6 Å². The summed E-state index contributed by atoms with van der Waals surface area (Å²) in [7, 11) is 2.18. The Hall–Kier alpha value is -1.74. The van der Waals surface area contributed by atoms with Gasteiger partial charge < -0.3 is 4.90 Å². The molecule has 0 aliphatic carbocycles. The summed E-state index contributed by atoms with van der Waals surface area (Å²) in [5.41, 5.74) is 5.02. The average Bonchev–Trinajstić information content (AvgIpc) is 2.59. The molecule has 0 radical (unpaired) electrons. The van der Waals surface area contributed by atoms with Crippen LogP contribution in [0.25, 0.3) is 11.3 Å². The number of rotatable bonds is 1. The fraction of sp³-hybridized carbons (Fsp3) is 0.333. The summed E-state index contributed by atoms with van der Waals surface area (Å²) in [6.45, 7) is 2.21. The topological polar surface area (TPSA) is 29.0 Å². The Bertz CT molecular complexity index is 537. The minimum Gasteiger partial charge on any atom is -0.302 e. The minimum atomic E-state index is 0.951. The van der Waals surface area contributed by atoms with Gasteiger partial charge in [-0.05, 0) is 55.8 Å². The molecule has 0 atom stereocenters. The van der Waals surface area contributed by atoms with E-state index in [2.05, 4.69) is 40.3 Å². The second kappa shape index (κ2) is 4.86. The molecule has 0 spiro atoms. The number of hydrogen-bond donors (Lipinski definition) is 0. The molecule has 1 aromatic heterocycles. The number of fused-ring (bicyclic) bond motifs is 1. The standard InChI is InChI=1S/C15H17N3/c1-18-9-3-4-12-6-7-13(10-14(12)11-18)15-5-2-8-16-17-15/h2,5-8,10H,3-4,9,11H2,1H3. The van der Waals surface area contributed by atoms with Crippen LogP contribution in [0.5, 0.6) is 0 Å². The third-order valence-electron chi connectivity index (χ3n) is 3.50. The van der Waals surface area contributed by atoms with Crippen molar-refractivity contribution in [2.45, 2.75) is 19.4 Å². The van der Waals surface area contributed by atoms with E-state index in [4.69, 9.17) is 0 Å². The molecule has 3 nitrogen and oxygen atoms in total. The molecular formula is C15H17N3. The van der Waals surface area contributed by atoms with Crippen molar-refractivity contribution >= 4 is 0 Å². The molecule has 0 amide bonds. The van der Waals surface area contributed by atoms with Gasteiger partial charge in [-0.1, -0.05) is 12.1 Å². The normalized spacial score (nSPS) is 16.1. The Morgan fingerprint density at radius 1 is 1.17 bits per heavy atom. The maximum atomic E-state index is 4.18. The highest BCUT2D eigenvalue weighted by Gasteiger charge is 2.12. The molecule has 3 rings (SSSR count). The van der Waals surface area contributed by atoms with Gasteiger partial charge in [0.15, 0.2) is 0 Å². The SMILES string of the molecule is CN1CCCc2ccc(-c3cccnn3)cc2C1. The second-order valence-corrected chi connectivity index (χ2v) is 4.93. The van der Waals surface area contributed by atoms with Crippen LogP contribution in [0, 0.1) is 0 Å². The predicted octanol–water partition coefficient (Wildman–Crippen LogP) is 2.52. The molecule has 1 aromatic carbocycles. The van der Waals surface area contributed by atoms with E-state index in [9.17, 15) is 0 Å². The van der Waals surface area contributed by atoms with Gasteiger partial charge in [0.2, 0.25) is 0 Å². The third kappa shape index (κ3) is 2.27. The molecule has 0 bridgehead atoms. The monoisotopic (exact) mass is 239 g/mol. The van der Waals surface area contributed by atoms with Gasteiger partial charge in [-0.15, -0.1) is 0 Å². The molecule has 1 aliphatic heterocycles. The average molecular weight is 239 g/mol. The van der Waals surface area contributed by atoms with Gasteiger partial charge in [0.05, 0.1) is 5.69 Å². The van der Waals surface area contributed by atoms with Crippen LogP contribution < -0.4 is 0 Å². The summed E-state index contributed by atoms with van der Waals surface area (Å²) in [5.74, 6) is 0. The Labute approximate surface area is 107 Å². The smallest absolute Gasteiger partial charge is 0.0929 e. The lowest BCUT2D eigenvalue weighted by atomic mass is 10.00. The van der Waals surface area contributed by atoms with Crippen molar-refractivity contribution in [3.63, 3.8) is 0 Å². The number of nitrogens with zero attached hydrogens (tertiary/aromatic N) is 3. The van der Waals surface area contributed by atoms with Crippen molar-refractivity contribution in [3.8, 4) is 11.3 Å². The Kier molecular flexibility index (Phi) is 3.07. The highest BCUT2D eigenvalue weighted by atomic mass is 15.1. The van der Waals surface area contributed by atoms with Gasteiger partial charge in [-0.3, -0.25) is 0 Å². The van der Waals surface area contributed by atoms with Gasteiger partial charge in [-0.2, -0.15) is 10.2 Å². The van der Waals surface area contributed by atoms with Crippen LogP contribution in [-0.2, 0) is 13.0 Å². The Morgan fingerprint density at radius 2 is 2.11 bits per heavy atom. The van der Waals surface area contributed by atoms with E-state index in [-0.39, 0.29) is 0 Å². The first-order chi connectivity index (χ1) is 8.83. The van der Waals surface area contributed by atoms with E-state index in [0.717, 1.165) is 17.8 Å². The molecule has 18 heavy (non-hydrogen) atoms. The lowest BCUT2D eigenvalue weighted by Crippen LogP contribution is -2.17. The molecule has 92 valence electrons. The number of aryl methyl sites for hydroxylation is 1. The van der Waals surface area contributed by atoms with Gasteiger partial charge in [0, 0.05) is 18.3 Å². The zero-order valence-electron chi connectivity index (χ0n) is 10.6. The fourth-order valence-electron chi connectivity index (χ4n) is 2.54. The molecule has 1 aliphatic rings. The van der Waals surface area contributed by atoms with E-state index in [1.54, 1.807) is 6.20 Å². The summed E-state index contributed by atoms with van der Waals surface area (Å²) in [6, 6.07) is 10.6. The first kappa shape index (κ1) is 11.4. The second-order valence-electron chi connectivity index (χ2n) is 4.93. The summed E-state index contributed by atoms with van der Waals surface area (Å²) >= 11 is 0. The fourth-order valence-corrected chi connectivity index (χ4v) is 2.54. The molecule has 0 N–H and O–H groups in total. The third-order valence-corrected chi connectivity index (χ3v) is 3.50. The van der Waals surface area contributed by atoms with Crippen molar-refractivity contribution in [2.24, 2.45) is 0 Å². The quantitative estimate of drug-likeness (QED) is 0.765. The van der Waals surface area contributed by atoms with Crippen LogP contribution in [0.2, 0.25) is 0 Å². The van der Waals surface area contributed by atoms with Gasteiger partial charge in [-0.25, -0.2) is 0 Å². The molecular weight excluding hydrogens is 222 g/mol. The summed E-state index contributed by atoms with van der Waals surface area (Å²) in [4.78, 5) is 2.38. The number of benzene rings is 1. The van der Waals surface area contributed by atoms with Crippen LogP contribution in [0.1, 0.15) is 17.5 Å². The molecule has 2 heterocycles. The van der Waals surface area contributed by atoms with Crippen LogP contribution in [0.4, 0.5) is 0 Å². The Morgan fingerprint density at radius 3 is 2.94 bits per heavy atom. The summed E-state index contributed by atoms with van der Waals surface area (Å²) in [6.07, 6.45) is 4.13. The molecule has 2 aromatic rings. The Balaban J connectivity index is 2.00. The molecule has 0 saturated heterocycles. The zero-order valence-corrected chi connectivity index (χ0v) is 10.6. The minimum absolute atomic E-state index is 0.951. The van der Waals surface area contributed by atoms with Crippen molar-refractivity contribution in [1.29, 1.82) is 0 Å². The lowest BCUT2D eigenvalue weighted by molar-refractivity contribution is 0.332. The van der Waals surface area contributed by atoms with Gasteiger partial charge in [0.1, 0.15) is 0 Å². The summed E-state index contributed by atoms with van der Waals surface area (Å²) in [5, 5.41) is 8.12. The van der Waals surface area contributed by atoms with Gasteiger partial charge in [0.25, 0.3) is 0 Å². The van der Waals surface area contributed by atoms with E-state index in [1.807, 2.05) is 12.1 Å².